The number of hydrogen-bond acceptors (Lipinski definition) is 5. The van der Waals surface area contributed by atoms with Crippen LogP contribution in [0.4, 0.5) is 5.69 Å². The van der Waals surface area contributed by atoms with E-state index in [1.54, 1.807) is 32.2 Å². The van der Waals surface area contributed by atoms with Crippen molar-refractivity contribution < 1.29 is 18.8 Å². The Hall–Kier alpha value is -3.93. The maximum absolute atomic E-state index is 12.7. The van der Waals surface area contributed by atoms with Crippen LogP contribution >= 0.6 is 0 Å². The first kappa shape index (κ1) is 19.4. The van der Waals surface area contributed by atoms with Crippen molar-refractivity contribution in [2.75, 3.05) is 11.9 Å². The summed E-state index contributed by atoms with van der Waals surface area (Å²) >= 11 is 0. The molecule has 0 aliphatic carbocycles. The molecule has 0 N–H and O–H groups in total. The van der Waals surface area contributed by atoms with Crippen molar-refractivity contribution in [3.8, 4) is 11.3 Å². The zero-order valence-corrected chi connectivity index (χ0v) is 16.6. The van der Waals surface area contributed by atoms with Crippen LogP contribution in [0, 0.1) is 0 Å². The second kappa shape index (κ2) is 8.21. The molecule has 0 radical (unpaired) electrons. The van der Waals surface area contributed by atoms with Gasteiger partial charge in [0.25, 0.3) is 5.91 Å². The van der Waals surface area contributed by atoms with Gasteiger partial charge in [0.2, 0.25) is 0 Å². The van der Waals surface area contributed by atoms with Crippen molar-refractivity contribution in [3.63, 3.8) is 0 Å². The Morgan fingerprint density at radius 3 is 2.33 bits per heavy atom. The van der Waals surface area contributed by atoms with Gasteiger partial charge in [0.15, 0.2) is 11.9 Å². The van der Waals surface area contributed by atoms with Gasteiger partial charge in [0, 0.05) is 18.3 Å². The lowest BCUT2D eigenvalue weighted by Gasteiger charge is -2.21. The summed E-state index contributed by atoms with van der Waals surface area (Å²) < 4.78 is 10.9. The van der Waals surface area contributed by atoms with E-state index in [1.807, 2.05) is 60.7 Å². The highest BCUT2D eigenvalue weighted by atomic mass is 16.5. The maximum Gasteiger partial charge on any atom is 0.338 e. The van der Waals surface area contributed by atoms with E-state index in [2.05, 4.69) is 5.16 Å². The van der Waals surface area contributed by atoms with Gasteiger partial charge in [-0.25, -0.2) is 4.79 Å². The van der Waals surface area contributed by atoms with Crippen LogP contribution in [-0.4, -0.2) is 30.2 Å². The van der Waals surface area contributed by atoms with Gasteiger partial charge in [-0.2, -0.15) is 0 Å². The van der Waals surface area contributed by atoms with Crippen molar-refractivity contribution in [2.45, 2.75) is 13.0 Å². The van der Waals surface area contributed by atoms with E-state index in [1.165, 1.54) is 4.90 Å². The molecule has 0 fully saturated rings. The molecule has 0 aliphatic rings. The van der Waals surface area contributed by atoms with Gasteiger partial charge < -0.3 is 14.2 Å². The molecule has 0 spiro atoms. The van der Waals surface area contributed by atoms with Gasteiger partial charge in [-0.15, -0.1) is 0 Å². The number of ether oxygens (including phenoxy) is 1. The number of aromatic nitrogens is 1. The molecule has 3 aromatic carbocycles. The number of para-hydroxylation sites is 1. The zero-order valence-electron chi connectivity index (χ0n) is 16.6. The molecule has 0 bridgehead atoms. The molecule has 4 rings (SSSR count). The average molecular weight is 400 g/mol. The third-order valence-electron chi connectivity index (χ3n) is 4.85. The fourth-order valence-corrected chi connectivity index (χ4v) is 3.20. The summed E-state index contributed by atoms with van der Waals surface area (Å²) in [6.45, 7) is 1.56. The maximum atomic E-state index is 12.7. The highest BCUT2D eigenvalue weighted by molar-refractivity contribution is 6.01. The van der Waals surface area contributed by atoms with Gasteiger partial charge in [0.1, 0.15) is 5.52 Å². The number of fused-ring (bicyclic) bond motifs is 1. The highest BCUT2D eigenvalue weighted by Gasteiger charge is 2.24. The van der Waals surface area contributed by atoms with Crippen LogP contribution in [0.3, 0.4) is 0 Å². The minimum atomic E-state index is -0.936. The van der Waals surface area contributed by atoms with Crippen molar-refractivity contribution in [2.24, 2.45) is 0 Å². The van der Waals surface area contributed by atoms with Crippen LogP contribution < -0.4 is 4.90 Å². The predicted molar refractivity (Wildman–Crippen MR) is 114 cm³/mol. The van der Waals surface area contributed by atoms with E-state index in [0.29, 0.717) is 22.2 Å². The molecule has 0 saturated carbocycles. The fourth-order valence-electron chi connectivity index (χ4n) is 3.20. The highest BCUT2D eigenvalue weighted by Crippen LogP contribution is 2.29. The Bertz CT molecular complexity index is 1190. The zero-order chi connectivity index (χ0) is 21.1. The van der Waals surface area contributed by atoms with Gasteiger partial charge >= 0.3 is 5.97 Å². The summed E-state index contributed by atoms with van der Waals surface area (Å²) in [5.41, 5.74) is 2.55. The van der Waals surface area contributed by atoms with Crippen molar-refractivity contribution >= 4 is 28.5 Å². The van der Waals surface area contributed by atoms with E-state index in [4.69, 9.17) is 9.26 Å². The predicted octanol–water partition coefficient (Wildman–Crippen LogP) is 4.70. The van der Waals surface area contributed by atoms with E-state index in [0.717, 1.165) is 11.3 Å². The van der Waals surface area contributed by atoms with Gasteiger partial charge in [0.05, 0.1) is 10.9 Å². The molecular weight excluding hydrogens is 380 g/mol. The Balaban J connectivity index is 1.54. The molecule has 1 atom stereocenters. The first-order valence-electron chi connectivity index (χ1n) is 9.53. The lowest BCUT2D eigenvalue weighted by molar-refractivity contribution is -0.126. The van der Waals surface area contributed by atoms with Crippen molar-refractivity contribution in [1.29, 1.82) is 0 Å². The topological polar surface area (TPSA) is 72.6 Å². The smallest absolute Gasteiger partial charge is 0.338 e. The van der Waals surface area contributed by atoms with E-state index in [-0.39, 0.29) is 5.91 Å². The summed E-state index contributed by atoms with van der Waals surface area (Å²) in [5.74, 6) is -0.321. The molecule has 6 nitrogen and oxygen atoms in total. The normalized spacial score (nSPS) is 11.8. The standard InChI is InChI=1S/C24H20N2O4/c1-16(23(27)26(2)19-11-7-4-8-12-19)29-24(28)18-13-14-21-20(15-18)22(30-25-21)17-9-5-3-6-10-17/h3-16H,1-2H3/t16-/m1/s1. The van der Waals surface area contributed by atoms with Crippen LogP contribution in [0.2, 0.25) is 0 Å². The van der Waals surface area contributed by atoms with E-state index < -0.39 is 12.1 Å². The van der Waals surface area contributed by atoms with Crippen LogP contribution in [0.1, 0.15) is 17.3 Å². The van der Waals surface area contributed by atoms with Gasteiger partial charge in [-0.05, 0) is 37.3 Å². The molecule has 0 aliphatic heterocycles. The Morgan fingerprint density at radius 1 is 0.967 bits per heavy atom. The summed E-state index contributed by atoms with van der Waals surface area (Å²) in [4.78, 5) is 26.8. The number of likely N-dealkylation sites (N-methyl/N-ethyl adjacent to an activating group) is 1. The molecule has 0 unspecified atom stereocenters. The van der Waals surface area contributed by atoms with Crippen LogP contribution in [0.25, 0.3) is 22.2 Å². The number of esters is 1. The second-order valence-corrected chi connectivity index (χ2v) is 6.89. The minimum Gasteiger partial charge on any atom is -0.449 e. The van der Waals surface area contributed by atoms with Gasteiger partial charge in [-0.1, -0.05) is 53.7 Å². The molecule has 4 aromatic rings. The van der Waals surface area contributed by atoms with Crippen LogP contribution in [0.5, 0.6) is 0 Å². The third kappa shape index (κ3) is 3.80. The SMILES string of the molecule is C[C@@H](OC(=O)c1ccc2noc(-c3ccccc3)c2c1)C(=O)N(C)c1ccccc1. The number of carbonyl (C=O) groups is 2. The van der Waals surface area contributed by atoms with Crippen LogP contribution in [-0.2, 0) is 9.53 Å². The minimum absolute atomic E-state index is 0.314. The summed E-state index contributed by atoms with van der Waals surface area (Å²) in [7, 11) is 1.65. The number of benzene rings is 3. The monoisotopic (exact) mass is 400 g/mol. The quantitative estimate of drug-likeness (QED) is 0.454. The van der Waals surface area contributed by atoms with E-state index in [9.17, 15) is 9.59 Å². The molecular formula is C24H20N2O4. The second-order valence-electron chi connectivity index (χ2n) is 6.89. The molecule has 1 heterocycles. The molecule has 30 heavy (non-hydrogen) atoms. The van der Waals surface area contributed by atoms with E-state index >= 15 is 0 Å². The Morgan fingerprint density at radius 2 is 1.63 bits per heavy atom. The number of rotatable bonds is 5. The lowest BCUT2D eigenvalue weighted by atomic mass is 10.1. The van der Waals surface area contributed by atoms with Crippen LogP contribution in [0.15, 0.2) is 83.4 Å². The Labute approximate surface area is 173 Å². The lowest BCUT2D eigenvalue weighted by Crippen LogP contribution is -2.37. The van der Waals surface area contributed by atoms with Crippen molar-refractivity contribution in [1.82, 2.24) is 5.16 Å². The summed E-state index contributed by atoms with van der Waals surface area (Å²) in [5, 5.41) is 4.76. The number of amides is 1. The summed E-state index contributed by atoms with van der Waals surface area (Å²) in [6.07, 6.45) is -0.936. The molecule has 150 valence electrons. The first-order chi connectivity index (χ1) is 14.5. The molecule has 0 saturated heterocycles. The molecule has 1 amide bonds. The van der Waals surface area contributed by atoms with Gasteiger partial charge in [-0.3, -0.25) is 4.79 Å². The average Bonchev–Trinajstić information content (AvgIpc) is 3.22. The molecule has 1 aromatic heterocycles. The number of anilines is 1. The Kier molecular flexibility index (Phi) is 5.30. The fraction of sp³-hybridized carbons (Fsp3) is 0.125. The first-order valence-corrected chi connectivity index (χ1v) is 9.53. The largest absolute Gasteiger partial charge is 0.449 e. The molecule has 6 heteroatoms. The third-order valence-corrected chi connectivity index (χ3v) is 4.85. The number of carbonyl (C=O) groups excluding carboxylic acids is 2. The number of hydrogen-bond donors (Lipinski definition) is 0. The number of nitrogens with zero attached hydrogens (tertiary/aromatic N) is 2. The summed E-state index contributed by atoms with van der Waals surface area (Å²) in [6, 6.07) is 23.7. The van der Waals surface area contributed by atoms with Crippen molar-refractivity contribution in [3.05, 3.63) is 84.4 Å².